The second-order valence-electron chi connectivity index (χ2n) is 4.10. The first kappa shape index (κ1) is 15.2. The van der Waals surface area contributed by atoms with Gasteiger partial charge in [0.1, 0.15) is 5.75 Å². The van der Waals surface area contributed by atoms with Gasteiger partial charge >= 0.3 is 0 Å². The van der Waals surface area contributed by atoms with Crippen LogP contribution in [0.25, 0.3) is 0 Å². The standard InChI is InChI=1S/C13H16N2O3S/c1-2-11-4-6-12(7-5-11)15-13(16)10-19(17,18)9-3-8-14/h4-7H,2-3,9-10H2,1H3,(H,15,16). The van der Waals surface area contributed by atoms with E-state index >= 15 is 0 Å². The van der Waals surface area contributed by atoms with E-state index in [1.807, 2.05) is 19.1 Å². The summed E-state index contributed by atoms with van der Waals surface area (Å²) in [5.74, 6) is -1.46. The number of anilines is 1. The summed E-state index contributed by atoms with van der Waals surface area (Å²) in [7, 11) is -3.51. The van der Waals surface area contributed by atoms with Crippen molar-refractivity contribution in [1.29, 1.82) is 5.26 Å². The van der Waals surface area contributed by atoms with Crippen LogP contribution in [0.5, 0.6) is 0 Å². The second-order valence-corrected chi connectivity index (χ2v) is 6.28. The fraction of sp³-hybridized carbons (Fsp3) is 0.385. The predicted octanol–water partition coefficient (Wildman–Crippen LogP) is 1.52. The molecule has 0 saturated carbocycles. The molecule has 0 aliphatic rings. The molecule has 102 valence electrons. The minimum absolute atomic E-state index is 0.0964. The maximum Gasteiger partial charge on any atom is 0.239 e. The molecule has 6 heteroatoms. The highest BCUT2D eigenvalue weighted by atomic mass is 32.2. The van der Waals surface area contributed by atoms with Crippen LogP contribution in [0.15, 0.2) is 24.3 Å². The topological polar surface area (TPSA) is 87.0 Å². The van der Waals surface area contributed by atoms with Gasteiger partial charge in [-0.2, -0.15) is 5.26 Å². The minimum Gasteiger partial charge on any atom is -0.325 e. The zero-order chi connectivity index (χ0) is 14.3. The van der Waals surface area contributed by atoms with Gasteiger partial charge in [0.2, 0.25) is 5.91 Å². The summed E-state index contributed by atoms with van der Waals surface area (Å²) in [6.45, 7) is 2.02. The van der Waals surface area contributed by atoms with E-state index in [-0.39, 0.29) is 12.2 Å². The number of hydrogen-bond acceptors (Lipinski definition) is 4. The maximum atomic E-state index is 11.6. The van der Waals surface area contributed by atoms with Crippen molar-refractivity contribution in [2.45, 2.75) is 19.8 Å². The number of hydrogen-bond donors (Lipinski definition) is 1. The predicted molar refractivity (Wildman–Crippen MR) is 73.3 cm³/mol. The van der Waals surface area contributed by atoms with Crippen molar-refractivity contribution in [2.24, 2.45) is 0 Å². The quantitative estimate of drug-likeness (QED) is 0.855. The van der Waals surface area contributed by atoms with E-state index in [9.17, 15) is 13.2 Å². The molecule has 1 N–H and O–H groups in total. The molecule has 5 nitrogen and oxygen atoms in total. The van der Waals surface area contributed by atoms with Crippen LogP contribution in [0.4, 0.5) is 5.69 Å². The third-order valence-corrected chi connectivity index (χ3v) is 4.05. The number of nitrogens with zero attached hydrogens (tertiary/aromatic N) is 1. The van der Waals surface area contributed by atoms with Gasteiger partial charge in [0.25, 0.3) is 0 Å². The Hall–Kier alpha value is -1.87. The molecule has 0 heterocycles. The fourth-order valence-corrected chi connectivity index (χ4v) is 2.51. The van der Waals surface area contributed by atoms with Crippen molar-refractivity contribution < 1.29 is 13.2 Å². The minimum atomic E-state index is -3.51. The van der Waals surface area contributed by atoms with Crippen molar-refractivity contribution in [3.05, 3.63) is 29.8 Å². The number of sulfone groups is 1. The second kappa shape index (κ2) is 6.90. The number of nitrogens with one attached hydrogen (secondary N) is 1. The smallest absolute Gasteiger partial charge is 0.239 e. The molecule has 0 saturated heterocycles. The summed E-state index contributed by atoms with van der Waals surface area (Å²) in [4.78, 5) is 11.6. The molecule has 0 aliphatic carbocycles. The SMILES string of the molecule is CCc1ccc(NC(=O)CS(=O)(=O)CCC#N)cc1. The zero-order valence-electron chi connectivity index (χ0n) is 10.7. The number of carbonyl (C=O) groups is 1. The summed E-state index contributed by atoms with van der Waals surface area (Å²) in [5, 5.41) is 10.9. The van der Waals surface area contributed by atoms with Crippen LogP contribution in [-0.4, -0.2) is 25.8 Å². The first-order valence-electron chi connectivity index (χ1n) is 5.93. The average molecular weight is 280 g/mol. The van der Waals surface area contributed by atoms with E-state index in [1.54, 1.807) is 18.2 Å². The lowest BCUT2D eigenvalue weighted by molar-refractivity contribution is -0.113. The van der Waals surface area contributed by atoms with E-state index in [1.165, 1.54) is 0 Å². The Kier molecular flexibility index (Phi) is 5.52. The van der Waals surface area contributed by atoms with Gasteiger partial charge in [-0.15, -0.1) is 0 Å². The molecule has 0 bridgehead atoms. The van der Waals surface area contributed by atoms with Gasteiger partial charge in [-0.3, -0.25) is 4.79 Å². The normalized spacial score (nSPS) is 10.7. The molecule has 0 atom stereocenters. The molecule has 1 rings (SSSR count). The Bertz CT molecular complexity index is 571. The lowest BCUT2D eigenvalue weighted by atomic mass is 10.1. The summed E-state index contributed by atoms with van der Waals surface area (Å²) >= 11 is 0. The van der Waals surface area contributed by atoms with Crippen molar-refractivity contribution in [2.75, 3.05) is 16.8 Å². The van der Waals surface area contributed by atoms with E-state index < -0.39 is 21.5 Å². The Labute approximate surface area is 113 Å². The van der Waals surface area contributed by atoms with Gasteiger partial charge in [0.05, 0.1) is 11.8 Å². The van der Waals surface area contributed by atoms with Gasteiger partial charge in [-0.1, -0.05) is 19.1 Å². The highest BCUT2D eigenvalue weighted by molar-refractivity contribution is 7.92. The Morgan fingerprint density at radius 2 is 1.95 bits per heavy atom. The maximum absolute atomic E-state index is 11.6. The zero-order valence-corrected chi connectivity index (χ0v) is 11.5. The number of nitriles is 1. The summed E-state index contributed by atoms with van der Waals surface area (Å²) in [5.41, 5.74) is 1.71. The summed E-state index contributed by atoms with van der Waals surface area (Å²) in [6, 6.07) is 8.97. The highest BCUT2D eigenvalue weighted by Crippen LogP contribution is 2.10. The molecule has 0 fully saturated rings. The van der Waals surface area contributed by atoms with Crippen LogP contribution in [0, 0.1) is 11.3 Å². The molecule has 0 aromatic heterocycles. The van der Waals surface area contributed by atoms with Crippen molar-refractivity contribution in [1.82, 2.24) is 0 Å². The molecule has 1 aromatic rings. The highest BCUT2D eigenvalue weighted by Gasteiger charge is 2.16. The van der Waals surface area contributed by atoms with Crippen molar-refractivity contribution in [3.8, 4) is 6.07 Å². The van der Waals surface area contributed by atoms with Crippen LogP contribution in [0.3, 0.4) is 0 Å². The number of rotatable bonds is 6. The Morgan fingerprint density at radius 1 is 1.32 bits per heavy atom. The van der Waals surface area contributed by atoms with Gasteiger partial charge in [0, 0.05) is 12.1 Å². The molecular formula is C13H16N2O3S. The third-order valence-electron chi connectivity index (χ3n) is 2.52. The molecule has 0 radical (unpaired) electrons. The van der Waals surface area contributed by atoms with Gasteiger partial charge in [-0.05, 0) is 24.1 Å². The molecule has 0 aliphatic heterocycles. The summed E-state index contributed by atoms with van der Waals surface area (Å²) < 4.78 is 23.0. The first-order valence-corrected chi connectivity index (χ1v) is 7.75. The van der Waals surface area contributed by atoms with Crippen LogP contribution in [-0.2, 0) is 21.1 Å². The molecule has 19 heavy (non-hydrogen) atoms. The van der Waals surface area contributed by atoms with E-state index in [0.717, 1.165) is 12.0 Å². The van der Waals surface area contributed by atoms with E-state index in [4.69, 9.17) is 5.26 Å². The van der Waals surface area contributed by atoms with Gasteiger partial charge in [-0.25, -0.2) is 8.42 Å². The molecule has 1 amide bonds. The molecular weight excluding hydrogens is 264 g/mol. The van der Waals surface area contributed by atoms with Gasteiger partial charge in [0.15, 0.2) is 9.84 Å². The fourth-order valence-electron chi connectivity index (χ4n) is 1.49. The van der Waals surface area contributed by atoms with Crippen molar-refractivity contribution in [3.63, 3.8) is 0 Å². The summed E-state index contributed by atoms with van der Waals surface area (Å²) in [6.07, 6.45) is 0.803. The monoisotopic (exact) mass is 280 g/mol. The molecule has 0 unspecified atom stereocenters. The number of carbonyl (C=O) groups excluding carboxylic acids is 1. The van der Waals surface area contributed by atoms with Gasteiger partial charge < -0.3 is 5.32 Å². The number of benzene rings is 1. The average Bonchev–Trinajstić information content (AvgIpc) is 2.36. The van der Waals surface area contributed by atoms with E-state index in [0.29, 0.717) is 5.69 Å². The first-order chi connectivity index (χ1) is 8.96. The van der Waals surface area contributed by atoms with Crippen LogP contribution in [0.2, 0.25) is 0 Å². The van der Waals surface area contributed by atoms with Crippen LogP contribution in [0.1, 0.15) is 18.9 Å². The third kappa shape index (κ3) is 5.53. The molecule has 1 aromatic carbocycles. The number of amides is 1. The Morgan fingerprint density at radius 3 is 2.47 bits per heavy atom. The number of aryl methyl sites for hydroxylation is 1. The molecule has 0 spiro atoms. The Balaban J connectivity index is 2.57. The van der Waals surface area contributed by atoms with E-state index in [2.05, 4.69) is 5.32 Å². The van der Waals surface area contributed by atoms with Crippen LogP contribution < -0.4 is 5.32 Å². The lowest BCUT2D eigenvalue weighted by Gasteiger charge is -2.06. The van der Waals surface area contributed by atoms with Crippen molar-refractivity contribution >= 4 is 21.4 Å². The van der Waals surface area contributed by atoms with Crippen LogP contribution >= 0.6 is 0 Å². The lowest BCUT2D eigenvalue weighted by Crippen LogP contribution is -2.24. The largest absolute Gasteiger partial charge is 0.325 e.